The van der Waals surface area contributed by atoms with Gasteiger partial charge in [0, 0.05) is 17.4 Å². The molecule has 0 aliphatic rings. The Kier molecular flexibility index (Phi) is 3.22. The molecular formula is C11H11FN4O2. The third kappa shape index (κ3) is 2.45. The molecular weight excluding hydrogens is 239 g/mol. The monoisotopic (exact) mass is 250 g/mol. The maximum absolute atomic E-state index is 13.1. The molecule has 0 saturated carbocycles. The van der Waals surface area contributed by atoms with Gasteiger partial charge in [-0.05, 0) is 19.1 Å². The van der Waals surface area contributed by atoms with Crippen LogP contribution >= 0.6 is 0 Å². The molecule has 7 heteroatoms. The molecule has 1 aromatic heterocycles. The first kappa shape index (κ1) is 12.0. The largest absolute Gasteiger partial charge is 0.379 e. The van der Waals surface area contributed by atoms with Crippen molar-refractivity contribution < 1.29 is 9.31 Å². The number of benzene rings is 1. The minimum atomic E-state index is -0.846. The Morgan fingerprint density at radius 2 is 2.33 bits per heavy atom. The number of H-pyrrole nitrogens is 1. The predicted molar refractivity (Wildman–Crippen MR) is 63.7 cm³/mol. The number of rotatable bonds is 4. The zero-order valence-electron chi connectivity index (χ0n) is 9.61. The Morgan fingerprint density at radius 3 is 2.94 bits per heavy atom. The van der Waals surface area contributed by atoms with Crippen molar-refractivity contribution in [3.8, 4) is 0 Å². The fraction of sp³-hybridized carbons (Fsp3) is 0.182. The van der Waals surface area contributed by atoms with E-state index in [0.29, 0.717) is 12.2 Å². The maximum Gasteiger partial charge on any atom is 0.306 e. The lowest BCUT2D eigenvalue weighted by Gasteiger charge is -2.05. The molecule has 0 radical (unpaired) electrons. The van der Waals surface area contributed by atoms with Crippen molar-refractivity contribution >= 4 is 11.4 Å². The lowest BCUT2D eigenvalue weighted by Crippen LogP contribution is -2.02. The average Bonchev–Trinajstić information content (AvgIpc) is 2.73. The standard InChI is InChI=1S/C11H11FN4O2/c1-7-10(15-6-14-7)5-13-8-2-3-9(12)11(4-8)16(17)18/h2-4,6,13H,5H2,1H3,(H,14,15). The van der Waals surface area contributed by atoms with Gasteiger partial charge in [0.25, 0.3) is 0 Å². The Morgan fingerprint density at radius 1 is 1.56 bits per heavy atom. The Labute approximate surface area is 102 Å². The molecule has 1 heterocycles. The Balaban J connectivity index is 2.13. The molecule has 0 amide bonds. The van der Waals surface area contributed by atoms with Crippen LogP contribution in [0.4, 0.5) is 15.8 Å². The van der Waals surface area contributed by atoms with Crippen molar-refractivity contribution in [2.75, 3.05) is 5.32 Å². The number of anilines is 1. The summed E-state index contributed by atoms with van der Waals surface area (Å²) < 4.78 is 13.1. The van der Waals surface area contributed by atoms with Crippen LogP contribution in [-0.2, 0) is 6.54 Å². The molecule has 94 valence electrons. The van der Waals surface area contributed by atoms with E-state index in [9.17, 15) is 14.5 Å². The zero-order chi connectivity index (χ0) is 13.1. The molecule has 1 aromatic carbocycles. The number of nitro groups is 1. The van der Waals surface area contributed by atoms with Gasteiger partial charge in [0.15, 0.2) is 0 Å². The summed E-state index contributed by atoms with van der Waals surface area (Å²) >= 11 is 0. The number of hydrogen-bond donors (Lipinski definition) is 2. The van der Waals surface area contributed by atoms with Crippen molar-refractivity contribution in [2.24, 2.45) is 0 Å². The molecule has 0 aliphatic carbocycles. The van der Waals surface area contributed by atoms with Crippen molar-refractivity contribution in [1.82, 2.24) is 9.97 Å². The Hall–Kier alpha value is -2.44. The molecule has 2 aromatic rings. The van der Waals surface area contributed by atoms with Gasteiger partial charge in [0.1, 0.15) is 0 Å². The molecule has 6 nitrogen and oxygen atoms in total. The quantitative estimate of drug-likeness (QED) is 0.644. The molecule has 0 spiro atoms. The van der Waals surface area contributed by atoms with E-state index in [2.05, 4.69) is 15.3 Å². The van der Waals surface area contributed by atoms with Crippen LogP contribution in [0.15, 0.2) is 24.5 Å². The highest BCUT2D eigenvalue weighted by molar-refractivity contribution is 5.51. The number of halogens is 1. The zero-order valence-corrected chi connectivity index (χ0v) is 9.61. The normalized spacial score (nSPS) is 10.3. The number of nitrogens with one attached hydrogen (secondary N) is 2. The fourth-order valence-electron chi connectivity index (χ4n) is 1.51. The third-order valence-corrected chi connectivity index (χ3v) is 2.54. The first-order valence-electron chi connectivity index (χ1n) is 5.24. The van der Waals surface area contributed by atoms with Crippen LogP contribution in [0, 0.1) is 22.9 Å². The van der Waals surface area contributed by atoms with Crippen LogP contribution < -0.4 is 5.32 Å². The van der Waals surface area contributed by atoms with E-state index in [4.69, 9.17) is 0 Å². The minimum absolute atomic E-state index is 0.415. The Bertz CT molecular complexity index is 582. The van der Waals surface area contributed by atoms with Crippen LogP contribution in [0.3, 0.4) is 0 Å². The van der Waals surface area contributed by atoms with Crippen LogP contribution in [0.1, 0.15) is 11.4 Å². The van der Waals surface area contributed by atoms with Crippen molar-refractivity contribution in [3.05, 3.63) is 51.8 Å². The highest BCUT2D eigenvalue weighted by atomic mass is 19.1. The molecule has 2 rings (SSSR count). The minimum Gasteiger partial charge on any atom is -0.379 e. The van der Waals surface area contributed by atoms with Crippen molar-refractivity contribution in [1.29, 1.82) is 0 Å². The number of aromatic amines is 1. The SMILES string of the molecule is Cc1[nH]cnc1CNc1ccc(F)c([N+](=O)[O-])c1. The third-order valence-electron chi connectivity index (χ3n) is 2.54. The van der Waals surface area contributed by atoms with E-state index in [1.165, 1.54) is 6.07 Å². The second-order valence-corrected chi connectivity index (χ2v) is 3.75. The van der Waals surface area contributed by atoms with Crippen LogP contribution in [0.2, 0.25) is 0 Å². The number of aryl methyl sites for hydroxylation is 1. The molecule has 0 bridgehead atoms. The lowest BCUT2D eigenvalue weighted by atomic mass is 10.2. The van der Waals surface area contributed by atoms with Crippen LogP contribution in [0.25, 0.3) is 0 Å². The van der Waals surface area contributed by atoms with E-state index in [0.717, 1.165) is 23.5 Å². The van der Waals surface area contributed by atoms with Gasteiger partial charge < -0.3 is 10.3 Å². The summed E-state index contributed by atoms with van der Waals surface area (Å²) in [5, 5.41) is 13.5. The van der Waals surface area contributed by atoms with Crippen LogP contribution in [0.5, 0.6) is 0 Å². The highest BCUT2D eigenvalue weighted by Gasteiger charge is 2.14. The van der Waals surface area contributed by atoms with Gasteiger partial charge in [-0.15, -0.1) is 0 Å². The van der Waals surface area contributed by atoms with E-state index < -0.39 is 16.4 Å². The summed E-state index contributed by atoms with van der Waals surface area (Å²) in [6, 6.07) is 3.68. The van der Waals surface area contributed by atoms with Gasteiger partial charge in [-0.3, -0.25) is 10.1 Å². The van der Waals surface area contributed by atoms with Crippen molar-refractivity contribution in [3.63, 3.8) is 0 Å². The molecule has 2 N–H and O–H groups in total. The van der Waals surface area contributed by atoms with E-state index in [1.54, 1.807) is 6.33 Å². The summed E-state index contributed by atoms with van der Waals surface area (Å²) in [5.41, 5.74) is 1.66. The molecule has 0 atom stereocenters. The first-order chi connectivity index (χ1) is 8.58. The summed E-state index contributed by atoms with van der Waals surface area (Å²) in [4.78, 5) is 16.8. The van der Waals surface area contributed by atoms with Gasteiger partial charge in [-0.1, -0.05) is 0 Å². The summed E-state index contributed by atoms with van der Waals surface area (Å²) in [6.45, 7) is 2.29. The topological polar surface area (TPSA) is 83.8 Å². The number of nitro benzene ring substituents is 1. The molecule has 18 heavy (non-hydrogen) atoms. The summed E-state index contributed by atoms with van der Waals surface area (Å²) in [7, 11) is 0. The van der Waals surface area contributed by atoms with Gasteiger partial charge in [-0.2, -0.15) is 4.39 Å². The summed E-state index contributed by atoms with van der Waals surface area (Å²) in [6.07, 6.45) is 1.57. The lowest BCUT2D eigenvalue weighted by molar-refractivity contribution is -0.387. The average molecular weight is 250 g/mol. The van der Waals surface area contributed by atoms with E-state index in [-0.39, 0.29) is 0 Å². The molecule has 0 aliphatic heterocycles. The highest BCUT2D eigenvalue weighted by Crippen LogP contribution is 2.22. The molecule has 0 saturated heterocycles. The number of nitrogens with zero attached hydrogens (tertiary/aromatic N) is 2. The first-order valence-corrected chi connectivity index (χ1v) is 5.24. The number of imidazole rings is 1. The van der Waals surface area contributed by atoms with Gasteiger partial charge >= 0.3 is 5.69 Å². The summed E-state index contributed by atoms with van der Waals surface area (Å²) in [5.74, 6) is -0.846. The molecule has 0 unspecified atom stereocenters. The van der Waals surface area contributed by atoms with Crippen LogP contribution in [-0.4, -0.2) is 14.9 Å². The maximum atomic E-state index is 13.1. The second-order valence-electron chi connectivity index (χ2n) is 3.75. The second kappa shape index (κ2) is 4.82. The van der Waals surface area contributed by atoms with E-state index >= 15 is 0 Å². The van der Waals surface area contributed by atoms with Gasteiger partial charge in [-0.25, -0.2) is 4.98 Å². The smallest absolute Gasteiger partial charge is 0.306 e. The van der Waals surface area contributed by atoms with Crippen molar-refractivity contribution in [2.45, 2.75) is 13.5 Å². The van der Waals surface area contributed by atoms with E-state index in [1.807, 2.05) is 6.92 Å². The molecule has 0 fully saturated rings. The number of hydrogen-bond acceptors (Lipinski definition) is 4. The fourth-order valence-corrected chi connectivity index (χ4v) is 1.51. The van der Waals surface area contributed by atoms with Gasteiger partial charge in [0.05, 0.1) is 23.5 Å². The number of aromatic nitrogens is 2. The van der Waals surface area contributed by atoms with Gasteiger partial charge in [0.2, 0.25) is 5.82 Å². The predicted octanol–water partition coefficient (Wildman–Crippen LogP) is 2.38.